The molecule has 1 amide bonds. The largest absolute Gasteiger partial charge is 0.496 e. The van der Waals surface area contributed by atoms with Gasteiger partial charge in [0.1, 0.15) is 11.5 Å². The van der Waals surface area contributed by atoms with Crippen LogP contribution in [0.5, 0.6) is 5.75 Å². The first-order chi connectivity index (χ1) is 12.9. The Morgan fingerprint density at radius 1 is 1.19 bits per heavy atom. The first kappa shape index (κ1) is 19.4. The van der Waals surface area contributed by atoms with Gasteiger partial charge in [-0.2, -0.15) is 0 Å². The highest BCUT2D eigenvalue weighted by Crippen LogP contribution is 2.24. The van der Waals surface area contributed by atoms with Crippen molar-refractivity contribution in [2.45, 2.75) is 39.2 Å². The van der Waals surface area contributed by atoms with Crippen LogP contribution in [0.3, 0.4) is 0 Å². The molecule has 6 nitrogen and oxygen atoms in total. The van der Waals surface area contributed by atoms with Crippen LogP contribution < -0.4 is 4.74 Å². The third-order valence-electron chi connectivity index (χ3n) is 4.86. The molecule has 0 bridgehead atoms. The molecule has 3 rings (SSSR count). The summed E-state index contributed by atoms with van der Waals surface area (Å²) in [4.78, 5) is 21.5. The minimum atomic E-state index is -0.0397. The summed E-state index contributed by atoms with van der Waals surface area (Å²) < 4.78 is 11.3. The molecule has 1 aromatic heterocycles. The van der Waals surface area contributed by atoms with E-state index in [0.717, 1.165) is 37.7 Å². The van der Waals surface area contributed by atoms with E-state index in [1.54, 1.807) is 7.11 Å². The van der Waals surface area contributed by atoms with Crippen molar-refractivity contribution in [3.8, 4) is 5.75 Å². The standard InChI is InChI=1S/C21H29N3O3/c1-21(2,3)18-14-22-19(27-18)15-23-10-7-11-24(13-12-23)20(25)16-8-5-6-9-17(16)26-4/h5-6,8-9,14H,7,10-13,15H2,1-4H3. The summed E-state index contributed by atoms with van der Waals surface area (Å²) >= 11 is 0. The number of carbonyl (C=O) groups is 1. The Balaban J connectivity index is 1.62. The van der Waals surface area contributed by atoms with Crippen LogP contribution in [0, 0.1) is 0 Å². The van der Waals surface area contributed by atoms with Gasteiger partial charge in [0.15, 0.2) is 0 Å². The molecule has 2 heterocycles. The lowest BCUT2D eigenvalue weighted by Gasteiger charge is -2.22. The number of para-hydroxylation sites is 1. The first-order valence-electron chi connectivity index (χ1n) is 9.48. The maximum absolute atomic E-state index is 12.9. The second-order valence-corrected chi connectivity index (χ2v) is 7.99. The molecule has 1 aliphatic heterocycles. The number of amides is 1. The van der Waals surface area contributed by atoms with Crippen LogP contribution >= 0.6 is 0 Å². The summed E-state index contributed by atoms with van der Waals surface area (Å²) in [7, 11) is 1.60. The molecule has 1 saturated heterocycles. The molecule has 0 spiro atoms. The number of hydrogen-bond acceptors (Lipinski definition) is 5. The fourth-order valence-electron chi connectivity index (χ4n) is 3.25. The number of methoxy groups -OCH3 is 1. The van der Waals surface area contributed by atoms with Crippen LogP contribution in [0.25, 0.3) is 0 Å². The highest BCUT2D eigenvalue weighted by atomic mass is 16.5. The fraction of sp³-hybridized carbons (Fsp3) is 0.524. The predicted octanol–water partition coefficient (Wildman–Crippen LogP) is 3.33. The average Bonchev–Trinajstić information content (AvgIpc) is 3.00. The normalized spacial score (nSPS) is 16.2. The second kappa shape index (κ2) is 8.13. The zero-order valence-corrected chi connectivity index (χ0v) is 16.7. The molecule has 0 aliphatic carbocycles. The molecule has 0 N–H and O–H groups in total. The molecule has 2 aromatic rings. The van der Waals surface area contributed by atoms with Gasteiger partial charge in [-0.05, 0) is 18.6 Å². The Morgan fingerprint density at radius 3 is 2.67 bits per heavy atom. The lowest BCUT2D eigenvalue weighted by Crippen LogP contribution is -2.35. The highest BCUT2D eigenvalue weighted by Gasteiger charge is 2.24. The number of carbonyl (C=O) groups excluding carboxylic acids is 1. The summed E-state index contributed by atoms with van der Waals surface area (Å²) in [5.74, 6) is 2.29. The van der Waals surface area contributed by atoms with E-state index in [2.05, 4.69) is 30.7 Å². The number of oxazole rings is 1. The number of benzene rings is 1. The maximum atomic E-state index is 12.9. The molecule has 0 unspecified atom stereocenters. The predicted molar refractivity (Wildman–Crippen MR) is 104 cm³/mol. The lowest BCUT2D eigenvalue weighted by molar-refractivity contribution is 0.0757. The summed E-state index contributed by atoms with van der Waals surface area (Å²) in [6.45, 7) is 10.2. The highest BCUT2D eigenvalue weighted by molar-refractivity contribution is 5.97. The maximum Gasteiger partial charge on any atom is 0.257 e. The van der Waals surface area contributed by atoms with Gasteiger partial charge in [-0.25, -0.2) is 4.98 Å². The van der Waals surface area contributed by atoms with Gasteiger partial charge in [0.2, 0.25) is 5.89 Å². The lowest BCUT2D eigenvalue weighted by atomic mass is 9.94. The van der Waals surface area contributed by atoms with Crippen molar-refractivity contribution < 1.29 is 13.9 Å². The van der Waals surface area contributed by atoms with Gasteiger partial charge in [-0.1, -0.05) is 32.9 Å². The SMILES string of the molecule is COc1ccccc1C(=O)N1CCCN(Cc2ncc(C(C)(C)C)o2)CC1. The minimum Gasteiger partial charge on any atom is -0.496 e. The van der Waals surface area contributed by atoms with Crippen LogP contribution in [0.15, 0.2) is 34.9 Å². The van der Waals surface area contributed by atoms with Crippen LogP contribution in [-0.2, 0) is 12.0 Å². The van der Waals surface area contributed by atoms with E-state index in [4.69, 9.17) is 9.15 Å². The summed E-state index contributed by atoms with van der Waals surface area (Å²) in [6, 6.07) is 7.40. The quantitative estimate of drug-likeness (QED) is 0.825. The van der Waals surface area contributed by atoms with Crippen molar-refractivity contribution >= 4 is 5.91 Å². The van der Waals surface area contributed by atoms with Gasteiger partial charge >= 0.3 is 0 Å². The number of hydrogen-bond donors (Lipinski definition) is 0. The smallest absolute Gasteiger partial charge is 0.257 e. The zero-order valence-electron chi connectivity index (χ0n) is 16.7. The molecular weight excluding hydrogens is 342 g/mol. The van der Waals surface area contributed by atoms with E-state index < -0.39 is 0 Å². The Kier molecular flexibility index (Phi) is 5.85. The van der Waals surface area contributed by atoms with E-state index in [1.165, 1.54) is 0 Å². The second-order valence-electron chi connectivity index (χ2n) is 7.99. The summed E-state index contributed by atoms with van der Waals surface area (Å²) in [5.41, 5.74) is 0.582. The molecule has 0 atom stereocenters. The van der Waals surface area contributed by atoms with E-state index in [9.17, 15) is 4.79 Å². The van der Waals surface area contributed by atoms with Gasteiger partial charge in [0.25, 0.3) is 5.91 Å². The Bertz CT molecular complexity index is 779. The van der Waals surface area contributed by atoms with Crippen LogP contribution in [0.4, 0.5) is 0 Å². The minimum absolute atomic E-state index is 0.0282. The van der Waals surface area contributed by atoms with E-state index in [1.807, 2.05) is 35.4 Å². The average molecular weight is 371 g/mol. The molecular formula is C21H29N3O3. The van der Waals surface area contributed by atoms with Crippen LogP contribution in [-0.4, -0.2) is 54.0 Å². The fourth-order valence-corrected chi connectivity index (χ4v) is 3.25. The monoisotopic (exact) mass is 371 g/mol. The summed E-state index contributed by atoms with van der Waals surface area (Å²) in [6.07, 6.45) is 2.75. The molecule has 0 radical (unpaired) electrons. The molecule has 6 heteroatoms. The topological polar surface area (TPSA) is 58.8 Å². The summed E-state index contributed by atoms with van der Waals surface area (Å²) in [5, 5.41) is 0. The van der Waals surface area contributed by atoms with E-state index in [-0.39, 0.29) is 11.3 Å². The molecule has 1 aliphatic rings. The third kappa shape index (κ3) is 4.69. The molecule has 1 aromatic carbocycles. The van der Waals surface area contributed by atoms with Crippen molar-refractivity contribution in [1.82, 2.24) is 14.8 Å². The van der Waals surface area contributed by atoms with Crippen molar-refractivity contribution in [2.75, 3.05) is 33.3 Å². The number of aromatic nitrogens is 1. The van der Waals surface area contributed by atoms with Crippen molar-refractivity contribution in [3.63, 3.8) is 0 Å². The molecule has 1 fully saturated rings. The van der Waals surface area contributed by atoms with Gasteiger partial charge < -0.3 is 14.1 Å². The molecule has 146 valence electrons. The van der Waals surface area contributed by atoms with Crippen molar-refractivity contribution in [2.24, 2.45) is 0 Å². The van der Waals surface area contributed by atoms with Crippen molar-refractivity contribution in [1.29, 1.82) is 0 Å². The number of nitrogens with zero attached hydrogens (tertiary/aromatic N) is 3. The Labute approximate surface area is 161 Å². The zero-order chi connectivity index (χ0) is 19.4. The third-order valence-corrected chi connectivity index (χ3v) is 4.86. The molecule has 0 saturated carbocycles. The van der Waals surface area contributed by atoms with Gasteiger partial charge in [-0.3, -0.25) is 9.69 Å². The van der Waals surface area contributed by atoms with E-state index in [0.29, 0.717) is 24.4 Å². The molecule has 27 heavy (non-hydrogen) atoms. The van der Waals surface area contributed by atoms with Gasteiger partial charge in [0, 0.05) is 31.6 Å². The first-order valence-corrected chi connectivity index (χ1v) is 9.48. The Morgan fingerprint density at radius 2 is 1.96 bits per heavy atom. The number of rotatable bonds is 4. The van der Waals surface area contributed by atoms with Crippen LogP contribution in [0.2, 0.25) is 0 Å². The number of ether oxygens (including phenoxy) is 1. The van der Waals surface area contributed by atoms with Gasteiger partial charge in [0.05, 0.1) is 25.4 Å². The Hall–Kier alpha value is -2.34. The van der Waals surface area contributed by atoms with Gasteiger partial charge in [-0.15, -0.1) is 0 Å². The van der Waals surface area contributed by atoms with E-state index >= 15 is 0 Å². The van der Waals surface area contributed by atoms with Crippen LogP contribution in [0.1, 0.15) is 49.2 Å². The van der Waals surface area contributed by atoms with Crippen molar-refractivity contribution in [3.05, 3.63) is 47.7 Å².